The summed E-state index contributed by atoms with van der Waals surface area (Å²) in [4.78, 5) is 20.3. The molecule has 0 unspecified atom stereocenters. The van der Waals surface area contributed by atoms with Gasteiger partial charge in [0.1, 0.15) is 16.4 Å². The maximum absolute atomic E-state index is 13.8. The first-order valence-corrected chi connectivity index (χ1v) is 11.6. The molecule has 3 heterocycles. The minimum absolute atomic E-state index is 0.176. The molecule has 0 radical (unpaired) electrons. The number of anilines is 1. The van der Waals surface area contributed by atoms with Crippen LogP contribution in [0.3, 0.4) is 0 Å². The molecule has 9 heteroatoms. The van der Waals surface area contributed by atoms with Crippen molar-refractivity contribution < 1.29 is 13.9 Å². The molecule has 7 nitrogen and oxygen atoms in total. The number of halogens is 1. The quantitative estimate of drug-likeness (QED) is 0.326. The van der Waals surface area contributed by atoms with Crippen LogP contribution in [0.1, 0.15) is 29.9 Å². The number of rotatable bonds is 5. The first-order valence-electron chi connectivity index (χ1n) is 10.7. The predicted molar refractivity (Wildman–Crippen MR) is 132 cm³/mol. The summed E-state index contributed by atoms with van der Waals surface area (Å²) in [7, 11) is 1.59. The summed E-state index contributed by atoms with van der Waals surface area (Å²) < 4.78 is 25.9. The Kier molecular flexibility index (Phi) is 5.66. The van der Waals surface area contributed by atoms with Gasteiger partial charge in [0.25, 0.3) is 5.56 Å². The van der Waals surface area contributed by atoms with Crippen LogP contribution in [0, 0.1) is 5.82 Å². The van der Waals surface area contributed by atoms with Gasteiger partial charge in [-0.15, -0.1) is 11.3 Å². The highest BCUT2D eigenvalue weighted by atomic mass is 32.1. The molecular formula is C25H23FN4O3S. The first-order chi connectivity index (χ1) is 16.3. The molecule has 0 amide bonds. The second-order valence-electron chi connectivity index (χ2n) is 8.60. The van der Waals surface area contributed by atoms with E-state index in [0.717, 1.165) is 10.4 Å². The molecule has 1 aliphatic rings. The third-order valence-electron chi connectivity index (χ3n) is 5.68. The van der Waals surface area contributed by atoms with Crippen molar-refractivity contribution in [1.29, 1.82) is 0 Å². The Hall–Kier alpha value is -3.56. The molecule has 0 saturated carbocycles. The molecule has 0 saturated heterocycles. The maximum Gasteiger partial charge on any atom is 0.268 e. The number of aromatic nitrogens is 2. The van der Waals surface area contributed by atoms with E-state index in [0.29, 0.717) is 40.2 Å². The van der Waals surface area contributed by atoms with Gasteiger partial charge in [-0.3, -0.25) is 4.79 Å². The van der Waals surface area contributed by atoms with Crippen LogP contribution < -0.4 is 15.7 Å². The number of benzene rings is 2. The minimum Gasteiger partial charge on any atom is -0.497 e. The van der Waals surface area contributed by atoms with Crippen LogP contribution in [0.5, 0.6) is 5.75 Å². The van der Waals surface area contributed by atoms with Crippen molar-refractivity contribution in [3.05, 3.63) is 80.7 Å². The van der Waals surface area contributed by atoms with Crippen LogP contribution in [0.4, 0.5) is 10.3 Å². The van der Waals surface area contributed by atoms with Crippen LogP contribution in [0.25, 0.3) is 15.9 Å². The van der Waals surface area contributed by atoms with Gasteiger partial charge in [-0.25, -0.2) is 19.4 Å². The van der Waals surface area contributed by atoms with Gasteiger partial charge >= 0.3 is 0 Å². The highest BCUT2D eigenvalue weighted by Gasteiger charge is 2.31. The highest BCUT2D eigenvalue weighted by molar-refractivity contribution is 7.18. The molecule has 2 aromatic heterocycles. The average molecular weight is 479 g/mol. The normalized spacial score (nSPS) is 14.9. The Morgan fingerprint density at radius 3 is 2.65 bits per heavy atom. The fourth-order valence-corrected chi connectivity index (χ4v) is 5.05. The molecule has 34 heavy (non-hydrogen) atoms. The van der Waals surface area contributed by atoms with Crippen molar-refractivity contribution in [2.75, 3.05) is 12.5 Å². The van der Waals surface area contributed by atoms with Crippen LogP contribution in [0.15, 0.2) is 58.4 Å². The van der Waals surface area contributed by atoms with Crippen molar-refractivity contribution in [1.82, 2.24) is 9.55 Å². The van der Waals surface area contributed by atoms with Gasteiger partial charge in [-0.05, 0) is 61.4 Å². The standard InChI is InChI=1S/C25H23FN4O3S/c1-25(2)12-19-20(14-33-25)34-22-21(19)23(31)30(17-8-10-18(32-3)11-9-17)24(28-22)29-27-13-15-4-6-16(26)7-5-15/h4-11,13H,12,14H2,1-3H3,(H,28,29)/b27-13+. The zero-order chi connectivity index (χ0) is 23.9. The highest BCUT2D eigenvalue weighted by Crippen LogP contribution is 2.37. The van der Waals surface area contributed by atoms with Crippen molar-refractivity contribution in [3.8, 4) is 11.4 Å². The summed E-state index contributed by atoms with van der Waals surface area (Å²) >= 11 is 1.47. The van der Waals surface area contributed by atoms with E-state index in [9.17, 15) is 9.18 Å². The number of hydrazone groups is 1. The number of fused-ring (bicyclic) bond motifs is 3. The lowest BCUT2D eigenvalue weighted by Crippen LogP contribution is -2.32. The number of nitrogens with one attached hydrogen (secondary N) is 1. The average Bonchev–Trinajstić information content (AvgIpc) is 3.17. The second kappa shape index (κ2) is 8.66. The van der Waals surface area contributed by atoms with Gasteiger partial charge < -0.3 is 9.47 Å². The van der Waals surface area contributed by atoms with E-state index in [1.807, 2.05) is 13.8 Å². The lowest BCUT2D eigenvalue weighted by atomic mass is 9.94. The Labute approximate surface area is 199 Å². The molecule has 1 N–H and O–H groups in total. The number of nitrogens with zero attached hydrogens (tertiary/aromatic N) is 3. The first kappa shape index (κ1) is 22.2. The molecule has 5 rings (SSSR count). The minimum atomic E-state index is -0.352. The molecule has 2 aromatic carbocycles. The van der Waals surface area contributed by atoms with Crippen molar-refractivity contribution in [3.63, 3.8) is 0 Å². The zero-order valence-electron chi connectivity index (χ0n) is 19.0. The van der Waals surface area contributed by atoms with Crippen LogP contribution in [-0.2, 0) is 17.8 Å². The monoisotopic (exact) mass is 478 g/mol. The van der Waals surface area contributed by atoms with E-state index < -0.39 is 0 Å². The number of methoxy groups -OCH3 is 1. The molecule has 0 atom stereocenters. The molecule has 0 fully saturated rings. The molecule has 1 aliphatic heterocycles. The van der Waals surface area contributed by atoms with Crippen molar-refractivity contribution in [2.45, 2.75) is 32.5 Å². The van der Waals surface area contributed by atoms with Crippen LogP contribution in [0.2, 0.25) is 0 Å². The Bertz CT molecular complexity index is 1440. The number of thiophene rings is 1. The molecular weight excluding hydrogens is 455 g/mol. The molecule has 0 aliphatic carbocycles. The van der Waals surface area contributed by atoms with E-state index >= 15 is 0 Å². The molecule has 4 aromatic rings. The lowest BCUT2D eigenvalue weighted by molar-refractivity contribution is -0.0379. The van der Waals surface area contributed by atoms with E-state index in [1.54, 1.807) is 49.7 Å². The van der Waals surface area contributed by atoms with E-state index in [4.69, 9.17) is 14.5 Å². The summed E-state index contributed by atoms with van der Waals surface area (Å²) in [5, 5.41) is 4.86. The Balaban J connectivity index is 1.63. The van der Waals surface area contributed by atoms with E-state index in [1.165, 1.54) is 28.0 Å². The number of ether oxygens (including phenoxy) is 2. The van der Waals surface area contributed by atoms with E-state index in [2.05, 4.69) is 10.5 Å². The predicted octanol–water partition coefficient (Wildman–Crippen LogP) is 4.89. The van der Waals surface area contributed by atoms with Crippen molar-refractivity contribution >= 4 is 33.7 Å². The van der Waals surface area contributed by atoms with Gasteiger partial charge in [0, 0.05) is 11.3 Å². The lowest BCUT2D eigenvalue weighted by Gasteiger charge is -2.29. The largest absolute Gasteiger partial charge is 0.497 e. The summed E-state index contributed by atoms with van der Waals surface area (Å²) in [5.41, 5.74) is 4.71. The van der Waals surface area contributed by atoms with E-state index in [-0.39, 0.29) is 22.9 Å². The summed E-state index contributed by atoms with van der Waals surface area (Å²) in [6.45, 7) is 4.50. The summed E-state index contributed by atoms with van der Waals surface area (Å²) in [5.74, 6) is 0.640. The van der Waals surface area contributed by atoms with Gasteiger partial charge in [0.2, 0.25) is 5.95 Å². The van der Waals surface area contributed by atoms with Crippen LogP contribution >= 0.6 is 11.3 Å². The topological polar surface area (TPSA) is 77.7 Å². The SMILES string of the molecule is COc1ccc(-n2c(N/N=C/c3ccc(F)cc3)nc3sc4c(c3c2=O)CC(C)(C)OC4)cc1. The van der Waals surface area contributed by atoms with Gasteiger partial charge in [-0.1, -0.05) is 12.1 Å². The number of hydrogen-bond donors (Lipinski definition) is 1. The van der Waals surface area contributed by atoms with Crippen LogP contribution in [-0.4, -0.2) is 28.5 Å². The maximum atomic E-state index is 13.8. The van der Waals surface area contributed by atoms with Gasteiger partial charge in [-0.2, -0.15) is 5.10 Å². The Morgan fingerprint density at radius 2 is 1.94 bits per heavy atom. The zero-order valence-corrected chi connectivity index (χ0v) is 19.8. The second-order valence-corrected chi connectivity index (χ2v) is 9.69. The molecule has 0 spiro atoms. The molecule has 0 bridgehead atoms. The van der Waals surface area contributed by atoms with Gasteiger partial charge in [0.15, 0.2) is 0 Å². The third-order valence-corrected chi connectivity index (χ3v) is 6.78. The van der Waals surface area contributed by atoms with Gasteiger partial charge in [0.05, 0.1) is 36.6 Å². The smallest absolute Gasteiger partial charge is 0.268 e. The Morgan fingerprint density at radius 1 is 1.21 bits per heavy atom. The number of hydrogen-bond acceptors (Lipinski definition) is 7. The fraction of sp³-hybridized carbons (Fsp3) is 0.240. The summed E-state index contributed by atoms with van der Waals surface area (Å²) in [6, 6.07) is 13.1. The third kappa shape index (κ3) is 4.20. The summed E-state index contributed by atoms with van der Waals surface area (Å²) in [6.07, 6.45) is 2.18. The molecule has 174 valence electrons. The fourth-order valence-electron chi connectivity index (χ4n) is 3.95. The van der Waals surface area contributed by atoms with Crippen molar-refractivity contribution in [2.24, 2.45) is 5.10 Å².